The minimum atomic E-state index is 0.750. The first-order valence-corrected chi connectivity index (χ1v) is 6.43. The Hall–Kier alpha value is -1.33. The van der Waals surface area contributed by atoms with Gasteiger partial charge in [0.15, 0.2) is 0 Å². The van der Waals surface area contributed by atoms with E-state index in [4.69, 9.17) is 5.26 Å². The van der Waals surface area contributed by atoms with Crippen LogP contribution in [0.3, 0.4) is 0 Å². The number of nitriles is 1. The molecule has 17 heavy (non-hydrogen) atoms. The second kappa shape index (κ2) is 4.89. The van der Waals surface area contributed by atoms with E-state index in [1.54, 1.807) is 0 Å². The molecule has 0 aromatic heterocycles. The van der Waals surface area contributed by atoms with Crippen molar-refractivity contribution in [1.82, 2.24) is 0 Å². The Balaban J connectivity index is 2.06. The quantitative estimate of drug-likeness (QED) is 0.731. The van der Waals surface area contributed by atoms with E-state index in [0.717, 1.165) is 22.6 Å². The van der Waals surface area contributed by atoms with Crippen LogP contribution in [0.15, 0.2) is 24.3 Å². The fourth-order valence-electron chi connectivity index (χ4n) is 2.89. The maximum atomic E-state index is 8.78. The number of rotatable bonds is 3. The maximum absolute atomic E-state index is 8.78. The highest BCUT2D eigenvalue weighted by Crippen LogP contribution is 2.28. The van der Waals surface area contributed by atoms with E-state index in [-0.39, 0.29) is 0 Å². The lowest BCUT2D eigenvalue weighted by molar-refractivity contribution is -0.927. The fraction of sp³-hybridized carbons (Fsp3) is 0.533. The first-order valence-electron chi connectivity index (χ1n) is 6.43. The van der Waals surface area contributed by atoms with Gasteiger partial charge in [0.05, 0.1) is 31.8 Å². The molecular weight excluding hydrogens is 208 g/mol. The molecule has 0 atom stereocenters. The molecular formula is C15H21N2+. The predicted molar refractivity (Wildman–Crippen MR) is 69.2 cm³/mol. The monoisotopic (exact) mass is 229 g/mol. The summed E-state index contributed by atoms with van der Waals surface area (Å²) in [5, 5.41) is 8.78. The molecule has 2 rings (SSSR count). The third-order valence-electron chi connectivity index (χ3n) is 3.99. The molecule has 2 heteroatoms. The van der Waals surface area contributed by atoms with Crippen molar-refractivity contribution >= 4 is 0 Å². The Morgan fingerprint density at radius 1 is 1.18 bits per heavy atom. The van der Waals surface area contributed by atoms with Gasteiger partial charge in [-0.2, -0.15) is 5.26 Å². The molecule has 0 spiro atoms. The Bertz CT molecular complexity index is 406. The third kappa shape index (κ3) is 2.87. The molecule has 0 unspecified atom stereocenters. The standard InChI is InChI=1S/C15H21N2/c1-17(2,15-5-3-4-6-15)12-14-9-7-13(11-16)8-10-14/h7-10,15H,3-6,12H2,1-2H3/q+1. The van der Waals surface area contributed by atoms with E-state index in [1.165, 1.54) is 31.2 Å². The zero-order chi connectivity index (χ0) is 12.3. The van der Waals surface area contributed by atoms with Crippen molar-refractivity contribution in [2.75, 3.05) is 14.1 Å². The van der Waals surface area contributed by atoms with Gasteiger partial charge in [-0.3, -0.25) is 0 Å². The summed E-state index contributed by atoms with van der Waals surface area (Å²) in [6.07, 6.45) is 5.51. The Labute approximate surface area is 104 Å². The number of nitrogens with zero attached hydrogens (tertiary/aromatic N) is 2. The molecule has 1 saturated carbocycles. The van der Waals surface area contributed by atoms with Gasteiger partial charge in [0.1, 0.15) is 6.54 Å². The van der Waals surface area contributed by atoms with Crippen LogP contribution in [0.2, 0.25) is 0 Å². The minimum Gasteiger partial charge on any atom is -0.322 e. The van der Waals surface area contributed by atoms with Gasteiger partial charge in [-0.1, -0.05) is 12.1 Å². The van der Waals surface area contributed by atoms with Gasteiger partial charge in [-0.05, 0) is 37.8 Å². The molecule has 1 aromatic carbocycles. The van der Waals surface area contributed by atoms with Crippen molar-refractivity contribution in [3.05, 3.63) is 35.4 Å². The summed E-state index contributed by atoms with van der Waals surface area (Å²) in [6, 6.07) is 11.0. The molecule has 0 heterocycles. The van der Waals surface area contributed by atoms with E-state index in [2.05, 4.69) is 32.3 Å². The van der Waals surface area contributed by atoms with Crippen LogP contribution >= 0.6 is 0 Å². The van der Waals surface area contributed by atoms with E-state index < -0.39 is 0 Å². The van der Waals surface area contributed by atoms with Crippen molar-refractivity contribution in [3.8, 4) is 6.07 Å². The normalized spacial score (nSPS) is 17.0. The van der Waals surface area contributed by atoms with Crippen molar-refractivity contribution in [2.24, 2.45) is 0 Å². The van der Waals surface area contributed by atoms with Gasteiger partial charge in [-0.25, -0.2) is 0 Å². The lowest BCUT2D eigenvalue weighted by Gasteiger charge is -2.36. The van der Waals surface area contributed by atoms with Crippen molar-refractivity contribution < 1.29 is 4.48 Å². The SMILES string of the molecule is C[N+](C)(Cc1ccc(C#N)cc1)C1CCCC1. The van der Waals surface area contributed by atoms with Crippen LogP contribution in [0.4, 0.5) is 0 Å². The maximum Gasteiger partial charge on any atom is 0.104 e. The van der Waals surface area contributed by atoms with Crippen LogP contribution in [0.1, 0.15) is 36.8 Å². The van der Waals surface area contributed by atoms with E-state index in [1.807, 2.05) is 12.1 Å². The molecule has 0 N–H and O–H groups in total. The van der Waals surface area contributed by atoms with Gasteiger partial charge in [0.2, 0.25) is 0 Å². The molecule has 1 aromatic rings. The number of quaternary nitrogens is 1. The van der Waals surface area contributed by atoms with Gasteiger partial charge in [0.25, 0.3) is 0 Å². The van der Waals surface area contributed by atoms with Crippen LogP contribution in [0.25, 0.3) is 0 Å². The number of hydrogen-bond donors (Lipinski definition) is 0. The topological polar surface area (TPSA) is 23.8 Å². The van der Waals surface area contributed by atoms with Crippen LogP contribution in [0, 0.1) is 11.3 Å². The summed E-state index contributed by atoms with van der Waals surface area (Å²) in [4.78, 5) is 0. The summed E-state index contributed by atoms with van der Waals surface area (Å²) in [5.74, 6) is 0. The molecule has 90 valence electrons. The van der Waals surface area contributed by atoms with Crippen molar-refractivity contribution in [2.45, 2.75) is 38.3 Å². The van der Waals surface area contributed by atoms with Gasteiger partial charge in [0, 0.05) is 5.56 Å². The third-order valence-corrected chi connectivity index (χ3v) is 3.99. The number of benzene rings is 1. The lowest BCUT2D eigenvalue weighted by Crippen LogP contribution is -2.46. The highest BCUT2D eigenvalue weighted by Gasteiger charge is 2.30. The zero-order valence-electron chi connectivity index (χ0n) is 10.8. The summed E-state index contributed by atoms with van der Waals surface area (Å²) >= 11 is 0. The molecule has 1 aliphatic carbocycles. The molecule has 2 nitrogen and oxygen atoms in total. The zero-order valence-corrected chi connectivity index (χ0v) is 10.8. The largest absolute Gasteiger partial charge is 0.322 e. The highest BCUT2D eigenvalue weighted by molar-refractivity contribution is 5.31. The smallest absolute Gasteiger partial charge is 0.104 e. The average Bonchev–Trinajstić information content (AvgIpc) is 2.84. The molecule has 0 saturated heterocycles. The van der Waals surface area contributed by atoms with E-state index >= 15 is 0 Å². The van der Waals surface area contributed by atoms with E-state index in [9.17, 15) is 0 Å². The van der Waals surface area contributed by atoms with Crippen LogP contribution in [-0.4, -0.2) is 24.6 Å². The minimum absolute atomic E-state index is 0.750. The Morgan fingerprint density at radius 3 is 2.29 bits per heavy atom. The molecule has 0 amide bonds. The average molecular weight is 229 g/mol. The summed E-state index contributed by atoms with van der Waals surface area (Å²) in [6.45, 7) is 1.07. The highest BCUT2D eigenvalue weighted by atomic mass is 15.3. The second-order valence-corrected chi connectivity index (χ2v) is 5.68. The summed E-state index contributed by atoms with van der Waals surface area (Å²) < 4.78 is 1.08. The summed E-state index contributed by atoms with van der Waals surface area (Å²) in [5.41, 5.74) is 2.08. The van der Waals surface area contributed by atoms with Gasteiger partial charge >= 0.3 is 0 Å². The molecule has 0 bridgehead atoms. The number of hydrogen-bond acceptors (Lipinski definition) is 1. The van der Waals surface area contributed by atoms with Crippen molar-refractivity contribution in [3.63, 3.8) is 0 Å². The van der Waals surface area contributed by atoms with Gasteiger partial charge in [-0.15, -0.1) is 0 Å². The lowest BCUT2D eigenvalue weighted by atomic mass is 10.1. The van der Waals surface area contributed by atoms with E-state index in [0.29, 0.717) is 0 Å². The first kappa shape index (κ1) is 12.1. The first-order chi connectivity index (χ1) is 8.12. The summed E-state index contributed by atoms with van der Waals surface area (Å²) in [7, 11) is 4.66. The van der Waals surface area contributed by atoms with Crippen LogP contribution in [-0.2, 0) is 6.54 Å². The fourth-order valence-corrected chi connectivity index (χ4v) is 2.89. The van der Waals surface area contributed by atoms with Gasteiger partial charge < -0.3 is 4.48 Å². The van der Waals surface area contributed by atoms with Crippen LogP contribution < -0.4 is 0 Å². The molecule has 0 radical (unpaired) electrons. The molecule has 1 aliphatic rings. The Morgan fingerprint density at radius 2 is 1.76 bits per heavy atom. The predicted octanol–water partition coefficient (Wildman–Crippen LogP) is 3.08. The molecule has 1 fully saturated rings. The second-order valence-electron chi connectivity index (χ2n) is 5.68. The van der Waals surface area contributed by atoms with Crippen LogP contribution in [0.5, 0.6) is 0 Å². The Kier molecular flexibility index (Phi) is 3.49. The van der Waals surface area contributed by atoms with Crippen molar-refractivity contribution in [1.29, 1.82) is 5.26 Å². The molecule has 0 aliphatic heterocycles.